The number of nitrogens with zero attached hydrogens (tertiary/aromatic N) is 2. The summed E-state index contributed by atoms with van der Waals surface area (Å²) in [5.41, 5.74) is 3.81. The standard InChI is InChI=1S/C11H10IN3O3/c1-6-4-10(16)13-14-11(6)7-2-3-8(12)9(5-7)15(17)18/h2-3,5-6H,4H2,1H3,(H,13,16). The summed E-state index contributed by atoms with van der Waals surface area (Å²) in [6.45, 7) is 1.88. The number of rotatable bonds is 2. The number of nitro groups is 1. The monoisotopic (exact) mass is 359 g/mol. The second-order valence-electron chi connectivity index (χ2n) is 4.06. The molecule has 94 valence electrons. The highest BCUT2D eigenvalue weighted by atomic mass is 127. The van der Waals surface area contributed by atoms with Gasteiger partial charge in [0.15, 0.2) is 0 Å². The maximum absolute atomic E-state index is 11.2. The molecule has 0 saturated carbocycles. The fourth-order valence-corrected chi connectivity index (χ4v) is 2.35. The molecule has 0 aliphatic carbocycles. The van der Waals surface area contributed by atoms with Crippen molar-refractivity contribution < 1.29 is 9.72 Å². The van der Waals surface area contributed by atoms with Crippen molar-refractivity contribution in [3.05, 3.63) is 37.4 Å². The van der Waals surface area contributed by atoms with E-state index in [1.807, 2.05) is 29.5 Å². The van der Waals surface area contributed by atoms with Gasteiger partial charge in [0.05, 0.1) is 14.2 Å². The molecular formula is C11H10IN3O3. The molecule has 1 aromatic rings. The zero-order valence-electron chi connectivity index (χ0n) is 9.51. The fraction of sp³-hybridized carbons (Fsp3) is 0.273. The number of benzene rings is 1. The van der Waals surface area contributed by atoms with Crippen molar-refractivity contribution in [2.75, 3.05) is 0 Å². The summed E-state index contributed by atoms with van der Waals surface area (Å²) in [6, 6.07) is 4.95. The number of carbonyl (C=O) groups excluding carboxylic acids is 1. The molecule has 6 nitrogen and oxygen atoms in total. The van der Waals surface area contributed by atoms with E-state index in [4.69, 9.17) is 0 Å². The van der Waals surface area contributed by atoms with Gasteiger partial charge in [-0.25, -0.2) is 5.43 Å². The second kappa shape index (κ2) is 5.01. The van der Waals surface area contributed by atoms with E-state index in [1.165, 1.54) is 6.07 Å². The van der Waals surface area contributed by atoms with Gasteiger partial charge in [0.25, 0.3) is 5.69 Å². The quantitative estimate of drug-likeness (QED) is 0.498. The van der Waals surface area contributed by atoms with Gasteiger partial charge in [-0.05, 0) is 28.7 Å². The Morgan fingerprint density at radius 3 is 2.89 bits per heavy atom. The summed E-state index contributed by atoms with van der Waals surface area (Å²) in [5.74, 6) is -0.176. The molecule has 18 heavy (non-hydrogen) atoms. The smallest absolute Gasteiger partial charge is 0.273 e. The summed E-state index contributed by atoms with van der Waals surface area (Å²) < 4.78 is 0.578. The van der Waals surface area contributed by atoms with Crippen LogP contribution in [0.4, 0.5) is 5.69 Å². The topological polar surface area (TPSA) is 84.6 Å². The normalized spacial score (nSPS) is 19.1. The fourth-order valence-electron chi connectivity index (χ4n) is 1.81. The molecule has 1 amide bonds. The Balaban J connectivity index is 2.43. The summed E-state index contributed by atoms with van der Waals surface area (Å²) in [4.78, 5) is 21.6. The molecule has 0 bridgehead atoms. The van der Waals surface area contributed by atoms with Crippen LogP contribution < -0.4 is 5.43 Å². The van der Waals surface area contributed by atoms with Gasteiger partial charge in [-0.1, -0.05) is 13.0 Å². The molecule has 1 N–H and O–H groups in total. The Kier molecular flexibility index (Phi) is 3.60. The summed E-state index contributed by atoms with van der Waals surface area (Å²) in [6.07, 6.45) is 0.346. The minimum Gasteiger partial charge on any atom is -0.273 e. The molecule has 1 aliphatic rings. The number of amides is 1. The Bertz CT molecular complexity index is 556. The molecule has 1 heterocycles. The Morgan fingerprint density at radius 1 is 1.56 bits per heavy atom. The van der Waals surface area contributed by atoms with Gasteiger partial charge in [0, 0.05) is 24.0 Å². The predicted molar refractivity (Wildman–Crippen MR) is 74.3 cm³/mol. The average Bonchev–Trinajstić information content (AvgIpc) is 2.30. The molecule has 7 heteroatoms. The third-order valence-corrected chi connectivity index (χ3v) is 3.61. The first-order chi connectivity index (χ1) is 8.49. The molecule has 1 aliphatic heterocycles. The predicted octanol–water partition coefficient (Wildman–Crippen LogP) is 2.06. The second-order valence-corrected chi connectivity index (χ2v) is 5.22. The highest BCUT2D eigenvalue weighted by Gasteiger charge is 2.23. The third kappa shape index (κ3) is 2.50. The summed E-state index contributed by atoms with van der Waals surface area (Å²) in [7, 11) is 0. The molecule has 0 fully saturated rings. The summed E-state index contributed by atoms with van der Waals surface area (Å²) >= 11 is 1.92. The number of carbonyl (C=O) groups is 1. The Hall–Kier alpha value is -1.51. The van der Waals surface area contributed by atoms with Crippen LogP contribution in [-0.4, -0.2) is 16.5 Å². The first-order valence-corrected chi connectivity index (χ1v) is 6.37. The number of halogens is 1. The zero-order chi connectivity index (χ0) is 13.3. The van der Waals surface area contributed by atoms with Crippen molar-refractivity contribution in [1.82, 2.24) is 5.43 Å². The van der Waals surface area contributed by atoms with E-state index in [-0.39, 0.29) is 17.5 Å². The first-order valence-electron chi connectivity index (χ1n) is 5.29. The van der Waals surface area contributed by atoms with E-state index in [9.17, 15) is 14.9 Å². The number of hydrogen-bond acceptors (Lipinski definition) is 4. The largest absolute Gasteiger partial charge is 0.283 e. The number of hydrogen-bond donors (Lipinski definition) is 1. The van der Waals surface area contributed by atoms with Crippen LogP contribution in [0, 0.1) is 19.6 Å². The van der Waals surface area contributed by atoms with Crippen LogP contribution in [0.15, 0.2) is 23.3 Å². The van der Waals surface area contributed by atoms with Crippen molar-refractivity contribution in [3.63, 3.8) is 0 Å². The first kappa shape index (κ1) is 12.9. The van der Waals surface area contributed by atoms with Gasteiger partial charge in [0.1, 0.15) is 0 Å². The number of nitrogens with one attached hydrogen (secondary N) is 1. The molecule has 1 unspecified atom stereocenters. The van der Waals surface area contributed by atoms with Crippen LogP contribution in [0.1, 0.15) is 18.9 Å². The zero-order valence-corrected chi connectivity index (χ0v) is 11.7. The van der Waals surface area contributed by atoms with Crippen LogP contribution in [0.3, 0.4) is 0 Å². The summed E-state index contributed by atoms with van der Waals surface area (Å²) in [5, 5.41) is 14.9. The lowest BCUT2D eigenvalue weighted by atomic mass is 9.94. The Morgan fingerprint density at radius 2 is 2.28 bits per heavy atom. The minimum absolute atomic E-state index is 0.0431. The van der Waals surface area contributed by atoms with E-state index >= 15 is 0 Å². The molecule has 1 aromatic carbocycles. The molecule has 0 aromatic heterocycles. The van der Waals surface area contributed by atoms with Crippen molar-refractivity contribution in [2.24, 2.45) is 11.0 Å². The lowest BCUT2D eigenvalue weighted by Crippen LogP contribution is -2.32. The van der Waals surface area contributed by atoms with Gasteiger partial charge in [-0.15, -0.1) is 0 Å². The average molecular weight is 359 g/mol. The van der Waals surface area contributed by atoms with E-state index < -0.39 is 4.92 Å². The Labute approximate surface area is 117 Å². The maximum atomic E-state index is 11.2. The molecular weight excluding hydrogens is 349 g/mol. The van der Waals surface area contributed by atoms with Crippen molar-refractivity contribution in [1.29, 1.82) is 0 Å². The molecule has 0 saturated heterocycles. The van der Waals surface area contributed by atoms with Crippen LogP contribution in [0.2, 0.25) is 0 Å². The van der Waals surface area contributed by atoms with E-state index in [0.29, 0.717) is 21.3 Å². The van der Waals surface area contributed by atoms with E-state index in [0.717, 1.165) is 0 Å². The molecule has 2 rings (SSSR count). The van der Waals surface area contributed by atoms with Gasteiger partial charge in [-0.3, -0.25) is 14.9 Å². The van der Waals surface area contributed by atoms with E-state index in [2.05, 4.69) is 10.5 Å². The van der Waals surface area contributed by atoms with Crippen molar-refractivity contribution in [3.8, 4) is 0 Å². The van der Waals surface area contributed by atoms with Crippen molar-refractivity contribution in [2.45, 2.75) is 13.3 Å². The minimum atomic E-state index is -0.419. The van der Waals surface area contributed by atoms with Crippen molar-refractivity contribution >= 4 is 39.9 Å². The van der Waals surface area contributed by atoms with E-state index in [1.54, 1.807) is 12.1 Å². The van der Waals surface area contributed by atoms with Crippen LogP contribution in [0.25, 0.3) is 0 Å². The van der Waals surface area contributed by atoms with Crippen LogP contribution in [-0.2, 0) is 4.79 Å². The van der Waals surface area contributed by atoms with Crippen LogP contribution >= 0.6 is 22.6 Å². The lowest BCUT2D eigenvalue weighted by Gasteiger charge is -2.19. The molecule has 1 atom stereocenters. The molecule has 0 spiro atoms. The SMILES string of the molecule is CC1CC(=O)NN=C1c1ccc(I)c([N+](=O)[O-])c1. The van der Waals surface area contributed by atoms with Gasteiger partial charge in [0.2, 0.25) is 5.91 Å². The molecule has 0 radical (unpaired) electrons. The number of nitro benzene ring substituents is 1. The lowest BCUT2D eigenvalue weighted by molar-refractivity contribution is -0.385. The third-order valence-electron chi connectivity index (χ3n) is 2.70. The number of hydrazone groups is 1. The highest BCUT2D eigenvalue weighted by Crippen LogP contribution is 2.25. The van der Waals surface area contributed by atoms with Gasteiger partial charge >= 0.3 is 0 Å². The maximum Gasteiger partial charge on any atom is 0.283 e. The highest BCUT2D eigenvalue weighted by molar-refractivity contribution is 14.1. The van der Waals surface area contributed by atoms with Gasteiger partial charge < -0.3 is 0 Å². The van der Waals surface area contributed by atoms with Crippen LogP contribution in [0.5, 0.6) is 0 Å². The van der Waals surface area contributed by atoms with Gasteiger partial charge in [-0.2, -0.15) is 5.10 Å².